The van der Waals surface area contributed by atoms with Crippen molar-refractivity contribution in [1.29, 1.82) is 0 Å². The molecule has 0 unspecified atom stereocenters. The van der Waals surface area contributed by atoms with Gasteiger partial charge in [0.2, 0.25) is 0 Å². The summed E-state index contributed by atoms with van der Waals surface area (Å²) in [7, 11) is 0. The molecule has 0 aliphatic carbocycles. The molecule has 130 valence electrons. The minimum absolute atomic E-state index is 0.173. The summed E-state index contributed by atoms with van der Waals surface area (Å²) in [6, 6.07) is 23.3. The number of hydrogen-bond acceptors (Lipinski definition) is 2. The average molecular weight is 472 g/mol. The Morgan fingerprint density at radius 2 is 0.846 bits per heavy atom. The van der Waals surface area contributed by atoms with Crippen molar-refractivity contribution in [3.8, 4) is 0 Å². The fourth-order valence-corrected chi connectivity index (χ4v) is 5.39. The van der Waals surface area contributed by atoms with Gasteiger partial charge in [-0.15, -0.1) is 0 Å². The Labute approximate surface area is 166 Å². The Morgan fingerprint density at radius 1 is 0.538 bits per heavy atom. The predicted octanol–water partition coefficient (Wildman–Crippen LogP) is 2.64. The Hall–Kier alpha value is -1.96. The molecule has 3 aromatic rings. The maximum atomic E-state index is 12.4. The Bertz CT molecular complexity index is 833. The van der Waals surface area contributed by atoms with Crippen molar-refractivity contribution >= 4 is 48.2 Å². The van der Waals surface area contributed by atoms with E-state index in [1.165, 1.54) is 0 Å². The van der Waals surface area contributed by atoms with Gasteiger partial charge in [0, 0.05) is 0 Å². The van der Waals surface area contributed by atoms with Crippen molar-refractivity contribution in [2.24, 2.45) is 0 Å². The molecule has 3 aromatic carbocycles. The molecule has 0 aliphatic heterocycles. The van der Waals surface area contributed by atoms with E-state index in [-0.39, 0.29) is 39.3 Å². The SMILES string of the molecule is Cc1ccc(C(=O)[Se]c2ccc([Se]C(=O)c3ccc(C)cc3)cc2)cc1. The first-order chi connectivity index (χ1) is 12.5. The van der Waals surface area contributed by atoms with Crippen LogP contribution in [0, 0.1) is 13.8 Å². The second-order valence-electron chi connectivity index (χ2n) is 5.98. The minimum atomic E-state index is -0.248. The van der Waals surface area contributed by atoms with Crippen molar-refractivity contribution in [1.82, 2.24) is 0 Å². The number of rotatable bonds is 6. The summed E-state index contributed by atoms with van der Waals surface area (Å²) in [5, 5.41) is 0. The first-order valence-corrected chi connectivity index (χ1v) is 11.6. The van der Waals surface area contributed by atoms with E-state index >= 15 is 0 Å². The third-order valence-corrected chi connectivity index (χ3v) is 7.72. The van der Waals surface area contributed by atoms with Crippen LogP contribution in [0.25, 0.3) is 0 Å². The number of aryl methyl sites for hydroxylation is 2. The zero-order valence-corrected chi connectivity index (χ0v) is 18.0. The molecule has 0 saturated carbocycles. The topological polar surface area (TPSA) is 34.1 Å². The molecule has 3 rings (SSSR count). The van der Waals surface area contributed by atoms with Gasteiger partial charge in [0.05, 0.1) is 0 Å². The van der Waals surface area contributed by atoms with Crippen molar-refractivity contribution < 1.29 is 9.59 Å². The molecule has 4 heteroatoms. The van der Waals surface area contributed by atoms with Gasteiger partial charge in [0.25, 0.3) is 0 Å². The molecule has 26 heavy (non-hydrogen) atoms. The molecule has 0 atom stereocenters. The van der Waals surface area contributed by atoms with Gasteiger partial charge in [-0.2, -0.15) is 0 Å². The van der Waals surface area contributed by atoms with Crippen LogP contribution in [0.15, 0.2) is 72.8 Å². The van der Waals surface area contributed by atoms with E-state index in [0.29, 0.717) is 0 Å². The number of benzene rings is 3. The first kappa shape index (κ1) is 18.8. The number of hydrogen-bond donors (Lipinski definition) is 0. The van der Waals surface area contributed by atoms with E-state index in [0.717, 1.165) is 31.2 Å². The van der Waals surface area contributed by atoms with E-state index < -0.39 is 0 Å². The van der Waals surface area contributed by atoms with Crippen LogP contribution in [-0.4, -0.2) is 39.3 Å². The summed E-state index contributed by atoms with van der Waals surface area (Å²) in [5.41, 5.74) is 3.83. The molecule has 0 bridgehead atoms. The third-order valence-electron chi connectivity index (χ3n) is 3.82. The Morgan fingerprint density at radius 3 is 1.15 bits per heavy atom. The third kappa shape index (κ3) is 5.03. The molecule has 0 saturated heterocycles. The first-order valence-electron chi connectivity index (χ1n) is 8.19. The van der Waals surface area contributed by atoms with Gasteiger partial charge >= 0.3 is 167 Å². The molecule has 0 radical (unpaired) electrons. The Balaban J connectivity index is 1.62. The van der Waals surface area contributed by atoms with Gasteiger partial charge in [-0.05, 0) is 0 Å². The molecule has 0 spiro atoms. The van der Waals surface area contributed by atoms with E-state index in [4.69, 9.17) is 0 Å². The predicted molar refractivity (Wildman–Crippen MR) is 108 cm³/mol. The second kappa shape index (κ2) is 8.62. The van der Waals surface area contributed by atoms with Crippen LogP contribution in [0.1, 0.15) is 31.8 Å². The molecule has 0 amide bonds. The van der Waals surface area contributed by atoms with E-state index in [1.54, 1.807) is 0 Å². The summed E-state index contributed by atoms with van der Waals surface area (Å²) < 4.78 is 2.41. The van der Waals surface area contributed by atoms with Crippen molar-refractivity contribution in [3.63, 3.8) is 0 Å². The van der Waals surface area contributed by atoms with Crippen LogP contribution in [0.2, 0.25) is 0 Å². The zero-order valence-electron chi connectivity index (χ0n) is 14.6. The molecular weight excluding hydrogens is 454 g/mol. The van der Waals surface area contributed by atoms with Gasteiger partial charge < -0.3 is 0 Å². The fourth-order valence-electron chi connectivity index (χ4n) is 2.29. The Kier molecular flexibility index (Phi) is 6.24. The summed E-state index contributed by atoms with van der Waals surface area (Å²) in [6.07, 6.45) is 0. The van der Waals surface area contributed by atoms with Crippen LogP contribution in [0.4, 0.5) is 0 Å². The maximum absolute atomic E-state index is 12.4. The zero-order chi connectivity index (χ0) is 18.5. The van der Waals surface area contributed by atoms with Crippen molar-refractivity contribution in [2.75, 3.05) is 0 Å². The monoisotopic (exact) mass is 474 g/mol. The quantitative estimate of drug-likeness (QED) is 0.518. The molecule has 2 nitrogen and oxygen atoms in total. The van der Waals surface area contributed by atoms with Gasteiger partial charge in [0.15, 0.2) is 0 Å². The molecule has 0 aliphatic rings. The van der Waals surface area contributed by atoms with Crippen LogP contribution >= 0.6 is 0 Å². The standard InChI is InChI=1S/C22H18O2Se2/c1-15-3-7-17(8-4-15)21(23)25-19-11-13-20(14-12-19)26-22(24)18-9-5-16(2)6-10-18/h3-14H,1-2H3. The summed E-state index contributed by atoms with van der Waals surface area (Å²) in [5.74, 6) is 0. The van der Waals surface area contributed by atoms with Crippen LogP contribution in [0.3, 0.4) is 0 Å². The average Bonchev–Trinajstić information content (AvgIpc) is 2.64. The molecule has 0 heterocycles. The molecule has 0 fully saturated rings. The van der Waals surface area contributed by atoms with E-state index in [9.17, 15) is 9.59 Å². The molecule has 0 N–H and O–H groups in total. The van der Waals surface area contributed by atoms with Crippen molar-refractivity contribution in [3.05, 3.63) is 95.1 Å². The summed E-state index contributed by atoms with van der Waals surface area (Å²) >= 11 is -0.497. The van der Waals surface area contributed by atoms with Crippen LogP contribution in [0.5, 0.6) is 0 Å². The molecular formula is C22H18O2Se2. The van der Waals surface area contributed by atoms with Gasteiger partial charge in [0.1, 0.15) is 0 Å². The normalized spacial score (nSPS) is 10.5. The van der Waals surface area contributed by atoms with Crippen molar-refractivity contribution in [2.45, 2.75) is 13.8 Å². The van der Waals surface area contributed by atoms with Crippen LogP contribution < -0.4 is 8.92 Å². The van der Waals surface area contributed by atoms with Gasteiger partial charge in [-0.3, -0.25) is 0 Å². The van der Waals surface area contributed by atoms with Gasteiger partial charge in [-0.25, -0.2) is 0 Å². The number of carbonyl (C=O) groups excluding carboxylic acids is 2. The van der Waals surface area contributed by atoms with Gasteiger partial charge in [-0.1, -0.05) is 0 Å². The van der Waals surface area contributed by atoms with E-state index in [1.807, 2.05) is 86.6 Å². The van der Waals surface area contributed by atoms with Crippen LogP contribution in [-0.2, 0) is 0 Å². The fraction of sp³-hybridized carbons (Fsp3) is 0.0909. The molecule has 0 aromatic heterocycles. The second-order valence-corrected chi connectivity index (χ2v) is 10.4. The summed E-state index contributed by atoms with van der Waals surface area (Å²) in [6.45, 7) is 4.02. The number of carbonyl (C=O) groups is 2. The van der Waals surface area contributed by atoms with E-state index in [2.05, 4.69) is 0 Å². The summed E-state index contributed by atoms with van der Waals surface area (Å²) in [4.78, 5) is 24.8.